The van der Waals surface area contributed by atoms with E-state index in [4.69, 9.17) is 0 Å². The van der Waals surface area contributed by atoms with Crippen LogP contribution in [0.25, 0.3) is 0 Å². The first-order valence-electron chi connectivity index (χ1n) is 15.6. The average Bonchev–Trinajstić information content (AvgIpc) is 3.16. The van der Waals surface area contributed by atoms with Gasteiger partial charge in [-0.25, -0.2) is 0 Å². The number of carbonyl (C=O) groups excluding carboxylic acids is 1. The number of carbonyl (C=O) groups is 1. The molecule has 1 N–H and O–H groups in total. The van der Waals surface area contributed by atoms with Crippen LogP contribution in [0.4, 0.5) is 0 Å². The Bertz CT molecular complexity index is 1260. The van der Waals surface area contributed by atoms with Crippen LogP contribution in [0.1, 0.15) is 113 Å². The van der Waals surface area contributed by atoms with Crippen LogP contribution < -0.4 is 5.56 Å². The number of H-pyrrole nitrogens is 1. The van der Waals surface area contributed by atoms with Crippen LogP contribution in [0.15, 0.2) is 10.9 Å². The van der Waals surface area contributed by atoms with Gasteiger partial charge in [-0.2, -0.15) is 0 Å². The van der Waals surface area contributed by atoms with Crippen molar-refractivity contribution in [2.45, 2.75) is 104 Å². The number of nitrogens with zero attached hydrogens (tertiary/aromatic N) is 2. The monoisotopic (exact) mass is 549 g/mol. The van der Waals surface area contributed by atoms with Crippen molar-refractivity contribution in [3.63, 3.8) is 0 Å². The van der Waals surface area contributed by atoms with E-state index < -0.39 is 0 Å². The van der Waals surface area contributed by atoms with Gasteiger partial charge in [0, 0.05) is 34.1 Å². The predicted molar refractivity (Wildman–Crippen MR) is 160 cm³/mol. The lowest BCUT2D eigenvalue weighted by atomic mass is 9.60. The molecule has 2 aromatic heterocycles. The normalized spacial score (nSPS) is 27.0. The lowest BCUT2D eigenvalue weighted by Gasteiger charge is -2.50. The van der Waals surface area contributed by atoms with E-state index in [1.54, 1.807) is 0 Å². The summed E-state index contributed by atoms with van der Waals surface area (Å²) in [4.78, 5) is 36.9. The number of aromatic nitrogens is 1. The minimum atomic E-state index is -0.0665. The Hall–Kier alpha value is -1.92. The molecule has 1 amide bonds. The second kappa shape index (κ2) is 10.8. The number of thiophene rings is 1. The smallest absolute Gasteiger partial charge is 0.255 e. The fourth-order valence-corrected chi connectivity index (χ4v) is 9.96. The van der Waals surface area contributed by atoms with Gasteiger partial charge in [0.2, 0.25) is 0 Å². The summed E-state index contributed by atoms with van der Waals surface area (Å²) in [5.41, 5.74) is 5.24. The molecule has 3 saturated carbocycles. The van der Waals surface area contributed by atoms with Gasteiger partial charge in [0.15, 0.2) is 0 Å². The number of fused-ring (bicyclic) bond motifs is 4. The molecule has 1 atom stereocenters. The highest BCUT2D eigenvalue weighted by Gasteiger charge is 2.42. The third kappa shape index (κ3) is 5.28. The first-order valence-corrected chi connectivity index (χ1v) is 16.4. The number of piperidine rings is 1. The third-order valence-electron chi connectivity index (χ3n) is 11.0. The van der Waals surface area contributed by atoms with Crippen molar-refractivity contribution in [3.05, 3.63) is 54.1 Å². The summed E-state index contributed by atoms with van der Waals surface area (Å²) in [5.74, 6) is 2.35. The van der Waals surface area contributed by atoms with E-state index in [0.717, 1.165) is 35.6 Å². The Balaban J connectivity index is 1.13. The van der Waals surface area contributed by atoms with Crippen molar-refractivity contribution in [1.29, 1.82) is 0 Å². The van der Waals surface area contributed by atoms with E-state index in [2.05, 4.69) is 23.7 Å². The molecule has 4 heterocycles. The van der Waals surface area contributed by atoms with Crippen LogP contribution in [-0.2, 0) is 13.0 Å². The van der Waals surface area contributed by atoms with E-state index >= 15 is 0 Å². The summed E-state index contributed by atoms with van der Waals surface area (Å²) in [6.07, 6.45) is 13.3. The number of aryl methyl sites for hydroxylation is 3. The molecule has 212 valence electrons. The average molecular weight is 550 g/mol. The zero-order valence-corrected chi connectivity index (χ0v) is 25.4. The molecule has 3 aliphatic carbocycles. The Labute approximate surface area is 238 Å². The molecule has 0 unspecified atom stereocenters. The fraction of sp³-hybridized carbons (Fsp3) is 0.697. The van der Waals surface area contributed by atoms with Gasteiger partial charge in [0.1, 0.15) is 0 Å². The first kappa shape index (κ1) is 27.3. The van der Waals surface area contributed by atoms with E-state index in [0.29, 0.717) is 35.9 Å². The van der Waals surface area contributed by atoms with Crippen LogP contribution in [0, 0.1) is 38.0 Å². The van der Waals surface area contributed by atoms with Crippen molar-refractivity contribution in [2.75, 3.05) is 26.2 Å². The quantitative estimate of drug-likeness (QED) is 0.434. The van der Waals surface area contributed by atoms with E-state index in [1.165, 1.54) is 86.3 Å². The minimum absolute atomic E-state index is 0.0665. The SMILES string of the molecule is Cc1cc(C)c(CN2CCCc3sc([C@H](C)C4CCN(CC56CCC(CC5)CC6)CC4)c(C)c3C2=O)c(=O)[nH]1. The molecule has 7 rings (SSSR count). The minimum Gasteiger partial charge on any atom is -0.334 e. The number of likely N-dealkylation sites (tertiary alicyclic amines) is 1. The van der Waals surface area contributed by atoms with Gasteiger partial charge in [0.25, 0.3) is 11.5 Å². The predicted octanol–water partition coefficient (Wildman–Crippen LogP) is 6.74. The highest BCUT2D eigenvalue weighted by atomic mass is 32.1. The fourth-order valence-electron chi connectivity index (χ4n) is 8.47. The van der Waals surface area contributed by atoms with E-state index in [-0.39, 0.29) is 11.5 Å². The number of rotatable bonds is 6. The van der Waals surface area contributed by atoms with Gasteiger partial charge in [-0.1, -0.05) is 6.92 Å². The zero-order chi connectivity index (χ0) is 27.3. The maximum absolute atomic E-state index is 13.9. The molecule has 5 aliphatic rings. The standard InChI is InChI=1S/C33H47N3O2S/c1-21-18-22(2)34-31(37)27(21)19-36-15-5-6-28-29(32(36)38)24(4)30(39-28)23(3)26-10-16-35(17-11-26)20-33-12-7-25(8-13-33)9-14-33/h18,23,25-26H,5-17,19-20H2,1-4H3,(H,34,37)/t23-,25?,33?/m1/s1. The van der Waals surface area contributed by atoms with Gasteiger partial charge in [0.05, 0.1) is 12.1 Å². The number of hydrogen-bond donors (Lipinski definition) is 1. The largest absolute Gasteiger partial charge is 0.334 e. The number of hydrogen-bond acceptors (Lipinski definition) is 4. The number of nitrogens with one attached hydrogen (secondary N) is 1. The Morgan fingerprint density at radius 2 is 1.72 bits per heavy atom. The number of pyridine rings is 1. The highest BCUT2D eigenvalue weighted by molar-refractivity contribution is 7.12. The second-order valence-electron chi connectivity index (χ2n) is 13.5. The van der Waals surface area contributed by atoms with Gasteiger partial charge >= 0.3 is 0 Å². The number of aromatic amines is 1. The van der Waals surface area contributed by atoms with Crippen molar-refractivity contribution < 1.29 is 4.79 Å². The molecule has 5 nitrogen and oxygen atoms in total. The van der Waals surface area contributed by atoms with Crippen molar-refractivity contribution in [2.24, 2.45) is 17.3 Å². The molecular formula is C33H47N3O2S. The van der Waals surface area contributed by atoms with Crippen molar-refractivity contribution in [1.82, 2.24) is 14.8 Å². The van der Waals surface area contributed by atoms with Crippen LogP contribution >= 0.6 is 11.3 Å². The molecule has 0 radical (unpaired) electrons. The van der Waals surface area contributed by atoms with E-state index in [1.807, 2.05) is 36.2 Å². The van der Waals surface area contributed by atoms with Gasteiger partial charge in [-0.05, 0) is 138 Å². The Kier molecular flexibility index (Phi) is 7.56. The third-order valence-corrected chi connectivity index (χ3v) is 12.5. The summed E-state index contributed by atoms with van der Waals surface area (Å²) in [6, 6.07) is 2.00. The summed E-state index contributed by atoms with van der Waals surface area (Å²) in [7, 11) is 0. The first-order chi connectivity index (χ1) is 18.7. The van der Waals surface area contributed by atoms with Crippen molar-refractivity contribution in [3.8, 4) is 0 Å². The lowest BCUT2D eigenvalue weighted by molar-refractivity contribution is 0.0150. The molecule has 4 fully saturated rings. The van der Waals surface area contributed by atoms with Crippen LogP contribution in [0.2, 0.25) is 0 Å². The molecule has 1 saturated heterocycles. The topological polar surface area (TPSA) is 56.4 Å². The summed E-state index contributed by atoms with van der Waals surface area (Å²) in [6.45, 7) is 13.4. The number of amides is 1. The summed E-state index contributed by atoms with van der Waals surface area (Å²) < 4.78 is 0. The molecular weight excluding hydrogens is 502 g/mol. The van der Waals surface area contributed by atoms with Crippen LogP contribution in [-0.4, -0.2) is 46.9 Å². The maximum atomic E-state index is 13.9. The Morgan fingerprint density at radius 1 is 1.03 bits per heavy atom. The van der Waals surface area contributed by atoms with Crippen LogP contribution in [0.3, 0.4) is 0 Å². The molecule has 2 bridgehead atoms. The molecule has 6 heteroatoms. The Morgan fingerprint density at radius 3 is 2.38 bits per heavy atom. The van der Waals surface area contributed by atoms with Gasteiger partial charge < -0.3 is 14.8 Å². The molecule has 0 aromatic carbocycles. The highest BCUT2D eigenvalue weighted by Crippen LogP contribution is 2.51. The van der Waals surface area contributed by atoms with Gasteiger partial charge in [-0.15, -0.1) is 11.3 Å². The second-order valence-corrected chi connectivity index (χ2v) is 14.7. The molecule has 2 aromatic rings. The van der Waals surface area contributed by atoms with Crippen molar-refractivity contribution >= 4 is 17.2 Å². The molecule has 39 heavy (non-hydrogen) atoms. The van der Waals surface area contributed by atoms with Gasteiger partial charge in [-0.3, -0.25) is 9.59 Å². The summed E-state index contributed by atoms with van der Waals surface area (Å²) in [5, 5.41) is 0. The molecule has 0 spiro atoms. The molecule has 2 aliphatic heterocycles. The lowest BCUT2D eigenvalue weighted by Crippen LogP contribution is -2.46. The maximum Gasteiger partial charge on any atom is 0.255 e. The van der Waals surface area contributed by atoms with E-state index in [9.17, 15) is 9.59 Å². The van der Waals surface area contributed by atoms with Crippen LogP contribution in [0.5, 0.6) is 0 Å². The zero-order valence-electron chi connectivity index (χ0n) is 24.5. The summed E-state index contributed by atoms with van der Waals surface area (Å²) >= 11 is 1.91.